The molecule has 1 aromatic rings. The molecule has 1 aliphatic rings. The number of aromatic nitrogens is 2. The van der Waals surface area contributed by atoms with E-state index in [1.54, 1.807) is 13.0 Å². The first-order valence-corrected chi connectivity index (χ1v) is 4.57. The van der Waals surface area contributed by atoms with Gasteiger partial charge in [-0.2, -0.15) is 0 Å². The summed E-state index contributed by atoms with van der Waals surface area (Å²) in [6.07, 6.45) is 2.24. The molecule has 1 saturated heterocycles. The van der Waals surface area contributed by atoms with E-state index in [1.165, 1.54) is 0 Å². The third-order valence-corrected chi connectivity index (χ3v) is 2.30. The molecular formula is C9H14ClN3O. The molecule has 78 valence electrons. The van der Waals surface area contributed by atoms with Crippen LogP contribution in [0.4, 0.5) is 0 Å². The van der Waals surface area contributed by atoms with Gasteiger partial charge in [-0.1, -0.05) is 0 Å². The van der Waals surface area contributed by atoms with E-state index >= 15 is 0 Å². The minimum Gasteiger partial charge on any atom is -0.311 e. The summed E-state index contributed by atoms with van der Waals surface area (Å²) in [6.45, 7) is 2.83. The van der Waals surface area contributed by atoms with Gasteiger partial charge in [-0.15, -0.1) is 12.4 Å². The third kappa shape index (κ3) is 2.33. The van der Waals surface area contributed by atoms with Gasteiger partial charge in [0.2, 0.25) is 0 Å². The second-order valence-corrected chi connectivity index (χ2v) is 3.40. The highest BCUT2D eigenvalue weighted by atomic mass is 35.5. The van der Waals surface area contributed by atoms with E-state index in [0.29, 0.717) is 5.82 Å². The molecule has 1 unspecified atom stereocenters. The molecule has 0 spiro atoms. The minimum absolute atomic E-state index is 0. The zero-order chi connectivity index (χ0) is 9.26. The maximum atomic E-state index is 11.1. The molecule has 0 bridgehead atoms. The average Bonchev–Trinajstić information content (AvgIpc) is 2.53. The van der Waals surface area contributed by atoms with Crippen LogP contribution in [0.5, 0.6) is 0 Å². The quantitative estimate of drug-likeness (QED) is 0.733. The number of hydrogen-bond acceptors (Lipinski definition) is 3. The number of nitrogens with zero attached hydrogens (tertiary/aromatic N) is 1. The lowest BCUT2D eigenvalue weighted by Crippen LogP contribution is -2.19. The molecular weight excluding hydrogens is 202 g/mol. The van der Waals surface area contributed by atoms with Crippen LogP contribution in [0.3, 0.4) is 0 Å². The van der Waals surface area contributed by atoms with Gasteiger partial charge < -0.3 is 10.3 Å². The molecule has 2 rings (SSSR count). The van der Waals surface area contributed by atoms with E-state index in [-0.39, 0.29) is 24.0 Å². The number of halogens is 1. The van der Waals surface area contributed by atoms with E-state index in [2.05, 4.69) is 15.3 Å². The number of nitrogens with one attached hydrogen (secondary N) is 2. The van der Waals surface area contributed by atoms with Crippen LogP contribution in [-0.4, -0.2) is 16.5 Å². The molecule has 0 radical (unpaired) electrons. The van der Waals surface area contributed by atoms with Crippen LogP contribution in [0.1, 0.15) is 30.4 Å². The Kier molecular flexibility index (Phi) is 3.66. The van der Waals surface area contributed by atoms with Crippen LogP contribution in [0, 0.1) is 6.92 Å². The molecule has 4 nitrogen and oxygen atoms in total. The molecule has 5 heteroatoms. The highest BCUT2D eigenvalue weighted by Crippen LogP contribution is 2.19. The lowest BCUT2D eigenvalue weighted by Gasteiger charge is -2.08. The van der Waals surface area contributed by atoms with Crippen molar-refractivity contribution < 1.29 is 0 Å². The summed E-state index contributed by atoms with van der Waals surface area (Å²) in [5, 5.41) is 3.31. The van der Waals surface area contributed by atoms with Crippen molar-refractivity contribution in [1.82, 2.24) is 15.3 Å². The summed E-state index contributed by atoms with van der Waals surface area (Å²) in [6, 6.07) is 1.86. The molecule has 1 aromatic heterocycles. The number of aryl methyl sites for hydroxylation is 1. The van der Waals surface area contributed by atoms with Crippen molar-refractivity contribution in [2.75, 3.05) is 6.54 Å². The Morgan fingerprint density at radius 1 is 1.57 bits per heavy atom. The maximum Gasteiger partial charge on any atom is 0.251 e. The van der Waals surface area contributed by atoms with E-state index in [4.69, 9.17) is 0 Å². The molecule has 2 N–H and O–H groups in total. The molecule has 1 fully saturated rings. The standard InChI is InChI=1S/C9H13N3O.ClH/c1-6-11-8(5-9(13)12-6)7-3-2-4-10-7;/h5,7,10H,2-4H2,1H3,(H,11,12,13);1H. The molecule has 14 heavy (non-hydrogen) atoms. The fourth-order valence-electron chi connectivity index (χ4n) is 1.72. The Morgan fingerprint density at radius 2 is 2.36 bits per heavy atom. The lowest BCUT2D eigenvalue weighted by molar-refractivity contribution is 0.621. The zero-order valence-corrected chi connectivity index (χ0v) is 8.86. The van der Waals surface area contributed by atoms with Gasteiger partial charge in [0.15, 0.2) is 0 Å². The van der Waals surface area contributed by atoms with Crippen LogP contribution in [0.15, 0.2) is 10.9 Å². The Balaban J connectivity index is 0.000000980. The summed E-state index contributed by atoms with van der Waals surface area (Å²) >= 11 is 0. The summed E-state index contributed by atoms with van der Waals surface area (Å²) in [7, 11) is 0. The fraction of sp³-hybridized carbons (Fsp3) is 0.556. The molecule has 0 amide bonds. The van der Waals surface area contributed by atoms with Crippen LogP contribution in [0.2, 0.25) is 0 Å². The predicted octanol–water partition coefficient (Wildman–Crippen LogP) is 0.925. The van der Waals surface area contributed by atoms with Crippen molar-refractivity contribution in [3.63, 3.8) is 0 Å². The topological polar surface area (TPSA) is 57.8 Å². The molecule has 0 aromatic carbocycles. The molecule has 2 heterocycles. The van der Waals surface area contributed by atoms with Gasteiger partial charge in [-0.25, -0.2) is 4.98 Å². The highest BCUT2D eigenvalue weighted by molar-refractivity contribution is 5.85. The fourth-order valence-corrected chi connectivity index (χ4v) is 1.72. The molecule has 1 aliphatic heterocycles. The zero-order valence-electron chi connectivity index (χ0n) is 8.04. The first-order chi connectivity index (χ1) is 6.25. The van der Waals surface area contributed by atoms with Gasteiger partial charge in [-0.3, -0.25) is 4.79 Å². The summed E-state index contributed by atoms with van der Waals surface area (Å²) < 4.78 is 0. The SMILES string of the molecule is Cc1nc(C2CCCN2)cc(=O)[nH]1.Cl. The highest BCUT2D eigenvalue weighted by Gasteiger charge is 2.17. The summed E-state index contributed by atoms with van der Waals surface area (Å²) in [5.74, 6) is 0.691. The van der Waals surface area contributed by atoms with Crippen molar-refractivity contribution >= 4 is 12.4 Å². The van der Waals surface area contributed by atoms with E-state index < -0.39 is 0 Å². The van der Waals surface area contributed by atoms with Crippen molar-refractivity contribution in [3.8, 4) is 0 Å². The number of hydrogen-bond donors (Lipinski definition) is 2. The van der Waals surface area contributed by atoms with Crippen molar-refractivity contribution in [2.45, 2.75) is 25.8 Å². The lowest BCUT2D eigenvalue weighted by atomic mass is 10.1. The average molecular weight is 216 g/mol. The Hall–Kier alpha value is -0.870. The second-order valence-electron chi connectivity index (χ2n) is 3.40. The molecule has 1 atom stereocenters. The van der Waals surface area contributed by atoms with Crippen molar-refractivity contribution in [1.29, 1.82) is 0 Å². The van der Waals surface area contributed by atoms with Crippen LogP contribution in [0.25, 0.3) is 0 Å². The van der Waals surface area contributed by atoms with Crippen LogP contribution < -0.4 is 10.9 Å². The number of aromatic amines is 1. The third-order valence-electron chi connectivity index (χ3n) is 2.30. The van der Waals surface area contributed by atoms with E-state index in [9.17, 15) is 4.79 Å². The van der Waals surface area contributed by atoms with Crippen molar-refractivity contribution in [3.05, 3.63) is 27.9 Å². The number of H-pyrrole nitrogens is 1. The van der Waals surface area contributed by atoms with Crippen LogP contribution in [-0.2, 0) is 0 Å². The van der Waals surface area contributed by atoms with Gasteiger partial charge in [0, 0.05) is 12.1 Å². The van der Waals surface area contributed by atoms with E-state index in [1.807, 2.05) is 0 Å². The predicted molar refractivity (Wildman–Crippen MR) is 56.8 cm³/mol. The second kappa shape index (κ2) is 4.57. The smallest absolute Gasteiger partial charge is 0.251 e. The first-order valence-electron chi connectivity index (χ1n) is 4.57. The maximum absolute atomic E-state index is 11.1. The molecule has 0 saturated carbocycles. The van der Waals surface area contributed by atoms with Gasteiger partial charge >= 0.3 is 0 Å². The number of rotatable bonds is 1. The Labute approximate surface area is 88.6 Å². The Bertz CT molecular complexity index is 357. The minimum atomic E-state index is -0.0591. The normalized spacial score (nSPS) is 20.5. The summed E-state index contributed by atoms with van der Waals surface area (Å²) in [4.78, 5) is 18.1. The largest absolute Gasteiger partial charge is 0.311 e. The van der Waals surface area contributed by atoms with Crippen molar-refractivity contribution in [2.24, 2.45) is 0 Å². The van der Waals surface area contributed by atoms with Gasteiger partial charge in [-0.05, 0) is 26.3 Å². The van der Waals surface area contributed by atoms with Crippen LogP contribution >= 0.6 is 12.4 Å². The Morgan fingerprint density at radius 3 is 2.93 bits per heavy atom. The monoisotopic (exact) mass is 215 g/mol. The first kappa shape index (κ1) is 11.2. The van der Waals surface area contributed by atoms with Gasteiger partial charge in [0.25, 0.3) is 5.56 Å². The molecule has 0 aliphatic carbocycles. The summed E-state index contributed by atoms with van der Waals surface area (Å²) in [5.41, 5.74) is 0.815. The van der Waals surface area contributed by atoms with Gasteiger partial charge in [0.05, 0.1) is 5.69 Å². The van der Waals surface area contributed by atoms with Gasteiger partial charge in [0.1, 0.15) is 5.82 Å². The van der Waals surface area contributed by atoms with E-state index in [0.717, 1.165) is 25.1 Å².